The van der Waals surface area contributed by atoms with Gasteiger partial charge in [0.05, 0.1) is 0 Å². The quantitative estimate of drug-likeness (QED) is 0.803. The van der Waals surface area contributed by atoms with Gasteiger partial charge in [0.2, 0.25) is 5.95 Å². The lowest BCUT2D eigenvalue weighted by molar-refractivity contribution is 0.589. The highest BCUT2D eigenvalue weighted by molar-refractivity contribution is 5.41. The molecule has 0 saturated heterocycles. The first-order valence-electron chi connectivity index (χ1n) is 6.04. The van der Waals surface area contributed by atoms with E-state index in [1.165, 1.54) is 12.8 Å². The van der Waals surface area contributed by atoms with Crippen LogP contribution in [-0.2, 0) is 0 Å². The number of nitrogen functional groups attached to an aromatic ring is 1. The molecule has 0 radical (unpaired) electrons. The molecule has 0 spiro atoms. The summed E-state index contributed by atoms with van der Waals surface area (Å²) >= 11 is 0. The fourth-order valence-electron chi connectivity index (χ4n) is 1.63. The Morgan fingerprint density at radius 3 is 2.75 bits per heavy atom. The molecule has 0 saturated carbocycles. The second kappa shape index (κ2) is 6.30. The Kier molecular flexibility index (Phi) is 5.02. The van der Waals surface area contributed by atoms with Crippen molar-refractivity contribution in [3.05, 3.63) is 12.3 Å². The maximum Gasteiger partial charge on any atom is 0.221 e. The van der Waals surface area contributed by atoms with Gasteiger partial charge in [-0.1, -0.05) is 20.3 Å². The van der Waals surface area contributed by atoms with Crippen LogP contribution in [0.25, 0.3) is 0 Å². The van der Waals surface area contributed by atoms with Crippen LogP contribution >= 0.6 is 0 Å². The minimum atomic E-state index is 0.349. The van der Waals surface area contributed by atoms with Crippen molar-refractivity contribution in [2.45, 2.75) is 46.1 Å². The lowest BCUT2D eigenvalue weighted by atomic mass is 10.2. The number of hydrogen-bond acceptors (Lipinski definition) is 4. The van der Waals surface area contributed by atoms with Gasteiger partial charge in [-0.3, -0.25) is 0 Å². The van der Waals surface area contributed by atoms with Crippen molar-refractivity contribution in [2.24, 2.45) is 0 Å². The first-order chi connectivity index (χ1) is 7.69. The Hall–Kier alpha value is -1.32. The third-order valence-electron chi connectivity index (χ3n) is 2.83. The Balaban J connectivity index is 2.82. The summed E-state index contributed by atoms with van der Waals surface area (Å²) in [7, 11) is 0. The van der Waals surface area contributed by atoms with Gasteiger partial charge in [-0.15, -0.1) is 0 Å². The molecule has 4 heteroatoms. The maximum atomic E-state index is 5.62. The van der Waals surface area contributed by atoms with Gasteiger partial charge in [0.25, 0.3) is 0 Å². The highest BCUT2D eigenvalue weighted by Crippen LogP contribution is 2.16. The van der Waals surface area contributed by atoms with Crippen molar-refractivity contribution in [1.82, 2.24) is 9.97 Å². The third kappa shape index (κ3) is 3.36. The van der Waals surface area contributed by atoms with E-state index >= 15 is 0 Å². The molecule has 1 unspecified atom stereocenters. The van der Waals surface area contributed by atoms with Gasteiger partial charge in [0, 0.05) is 18.8 Å². The van der Waals surface area contributed by atoms with Crippen molar-refractivity contribution in [2.75, 3.05) is 17.2 Å². The molecular weight excluding hydrogens is 200 g/mol. The number of anilines is 2. The normalized spacial score (nSPS) is 12.4. The average Bonchev–Trinajstić information content (AvgIpc) is 2.29. The fourth-order valence-corrected chi connectivity index (χ4v) is 1.63. The SMILES string of the molecule is CCCCN(c1ccnc(N)n1)C(C)CC. The zero-order valence-electron chi connectivity index (χ0n) is 10.5. The Labute approximate surface area is 97.9 Å². The monoisotopic (exact) mass is 222 g/mol. The largest absolute Gasteiger partial charge is 0.368 e. The summed E-state index contributed by atoms with van der Waals surface area (Å²) in [6, 6.07) is 2.42. The number of nitrogens with zero attached hydrogens (tertiary/aromatic N) is 3. The van der Waals surface area contributed by atoms with Gasteiger partial charge < -0.3 is 10.6 Å². The molecule has 0 aromatic carbocycles. The van der Waals surface area contributed by atoms with Crippen LogP contribution in [0.3, 0.4) is 0 Å². The van der Waals surface area contributed by atoms with E-state index in [2.05, 4.69) is 35.6 Å². The number of rotatable bonds is 6. The van der Waals surface area contributed by atoms with Crippen LogP contribution in [0.1, 0.15) is 40.0 Å². The average molecular weight is 222 g/mol. The Morgan fingerprint density at radius 2 is 2.19 bits per heavy atom. The first kappa shape index (κ1) is 12.7. The molecule has 90 valence electrons. The van der Waals surface area contributed by atoms with Crippen LogP contribution < -0.4 is 10.6 Å². The molecule has 0 aliphatic rings. The summed E-state index contributed by atoms with van der Waals surface area (Å²) in [5.74, 6) is 1.29. The smallest absolute Gasteiger partial charge is 0.221 e. The third-order valence-corrected chi connectivity index (χ3v) is 2.83. The molecule has 4 nitrogen and oxygen atoms in total. The summed E-state index contributed by atoms with van der Waals surface area (Å²) < 4.78 is 0. The standard InChI is InChI=1S/C12H22N4/c1-4-6-9-16(10(3)5-2)11-7-8-14-12(13)15-11/h7-8,10H,4-6,9H2,1-3H3,(H2,13,14,15). The second-order valence-corrected chi connectivity index (χ2v) is 4.08. The van der Waals surface area contributed by atoms with Crippen molar-refractivity contribution < 1.29 is 0 Å². The molecule has 1 heterocycles. The second-order valence-electron chi connectivity index (χ2n) is 4.08. The zero-order chi connectivity index (χ0) is 12.0. The van der Waals surface area contributed by atoms with Gasteiger partial charge in [-0.25, -0.2) is 4.98 Å². The van der Waals surface area contributed by atoms with Gasteiger partial charge >= 0.3 is 0 Å². The summed E-state index contributed by atoms with van der Waals surface area (Å²) in [6.45, 7) is 7.63. The molecule has 0 aliphatic carbocycles. The van der Waals surface area contributed by atoms with Crippen LogP contribution in [-0.4, -0.2) is 22.6 Å². The molecule has 1 rings (SSSR count). The van der Waals surface area contributed by atoms with E-state index < -0.39 is 0 Å². The van der Waals surface area contributed by atoms with Crippen LogP contribution in [0.2, 0.25) is 0 Å². The van der Waals surface area contributed by atoms with Crippen molar-refractivity contribution in [1.29, 1.82) is 0 Å². The molecule has 1 aromatic heterocycles. The molecule has 0 fully saturated rings. The minimum Gasteiger partial charge on any atom is -0.368 e. The predicted octanol–water partition coefficient (Wildman–Crippen LogP) is 2.46. The highest BCUT2D eigenvalue weighted by Gasteiger charge is 2.13. The van der Waals surface area contributed by atoms with E-state index in [-0.39, 0.29) is 0 Å². The molecule has 1 aromatic rings. The van der Waals surface area contributed by atoms with Gasteiger partial charge in [0.1, 0.15) is 5.82 Å². The molecule has 2 N–H and O–H groups in total. The maximum absolute atomic E-state index is 5.62. The van der Waals surface area contributed by atoms with Gasteiger partial charge in [-0.05, 0) is 25.8 Å². The van der Waals surface area contributed by atoms with E-state index in [0.29, 0.717) is 12.0 Å². The van der Waals surface area contributed by atoms with Gasteiger partial charge in [-0.2, -0.15) is 4.98 Å². The van der Waals surface area contributed by atoms with Crippen LogP contribution in [0.4, 0.5) is 11.8 Å². The van der Waals surface area contributed by atoms with Crippen molar-refractivity contribution in [3.8, 4) is 0 Å². The van der Waals surface area contributed by atoms with Crippen LogP contribution in [0.5, 0.6) is 0 Å². The van der Waals surface area contributed by atoms with Crippen LogP contribution in [0, 0.1) is 0 Å². The molecule has 1 atom stereocenters. The highest BCUT2D eigenvalue weighted by atomic mass is 15.2. The van der Waals surface area contributed by atoms with Gasteiger partial charge in [0.15, 0.2) is 0 Å². The fraction of sp³-hybridized carbons (Fsp3) is 0.667. The van der Waals surface area contributed by atoms with Crippen LogP contribution in [0.15, 0.2) is 12.3 Å². The first-order valence-corrected chi connectivity index (χ1v) is 6.04. The molecule has 0 amide bonds. The number of unbranched alkanes of at least 4 members (excludes halogenated alkanes) is 1. The predicted molar refractivity (Wildman–Crippen MR) is 68.5 cm³/mol. The van der Waals surface area contributed by atoms with E-state index in [1.807, 2.05) is 6.07 Å². The Bertz CT molecular complexity index is 314. The summed E-state index contributed by atoms with van der Waals surface area (Å²) in [5, 5.41) is 0. The van der Waals surface area contributed by atoms with Crippen molar-refractivity contribution in [3.63, 3.8) is 0 Å². The summed E-state index contributed by atoms with van der Waals surface area (Å²) in [5.41, 5.74) is 5.62. The zero-order valence-corrected chi connectivity index (χ0v) is 10.5. The van der Waals surface area contributed by atoms with E-state index in [4.69, 9.17) is 5.73 Å². The minimum absolute atomic E-state index is 0.349. The molecule has 0 bridgehead atoms. The summed E-state index contributed by atoms with van der Waals surface area (Å²) in [4.78, 5) is 10.5. The van der Waals surface area contributed by atoms with E-state index in [9.17, 15) is 0 Å². The van der Waals surface area contributed by atoms with E-state index in [1.54, 1.807) is 6.20 Å². The van der Waals surface area contributed by atoms with E-state index in [0.717, 1.165) is 18.8 Å². The molecular formula is C12H22N4. The molecule has 0 aliphatic heterocycles. The van der Waals surface area contributed by atoms with Crippen molar-refractivity contribution >= 4 is 11.8 Å². The lowest BCUT2D eigenvalue weighted by Gasteiger charge is -2.29. The number of hydrogen-bond donors (Lipinski definition) is 1. The topological polar surface area (TPSA) is 55.0 Å². The Morgan fingerprint density at radius 1 is 1.44 bits per heavy atom. The number of aromatic nitrogens is 2. The number of nitrogens with two attached hydrogens (primary N) is 1. The summed E-state index contributed by atoms with van der Waals surface area (Å²) in [6.07, 6.45) is 5.19. The molecule has 16 heavy (non-hydrogen) atoms. The lowest BCUT2D eigenvalue weighted by Crippen LogP contribution is -2.34.